The Morgan fingerprint density at radius 1 is 0.814 bits per heavy atom. The minimum absolute atomic E-state index is 0.0628. The molecule has 0 saturated carbocycles. The molecule has 0 bridgehead atoms. The third kappa shape index (κ3) is 7.81. The van der Waals surface area contributed by atoms with E-state index in [0.29, 0.717) is 11.4 Å². The number of hydrogen-bond acceptors (Lipinski definition) is 5. The Morgan fingerprint density at radius 2 is 1.42 bits per heavy atom. The molecule has 4 rings (SSSR count). The van der Waals surface area contributed by atoms with Crippen molar-refractivity contribution in [3.05, 3.63) is 125 Å². The van der Waals surface area contributed by atoms with Gasteiger partial charge in [0.15, 0.2) is 0 Å². The van der Waals surface area contributed by atoms with E-state index < -0.39 is 28.5 Å². The van der Waals surface area contributed by atoms with Crippen LogP contribution in [0.25, 0.3) is 0 Å². The number of amides is 2. The summed E-state index contributed by atoms with van der Waals surface area (Å²) in [5.41, 5.74) is 3.81. The third-order valence-corrected chi connectivity index (χ3v) is 9.00. The quantitative estimate of drug-likeness (QED) is 0.250. The number of nitrogens with zero attached hydrogens (tertiary/aromatic N) is 2. The van der Waals surface area contributed by atoms with Gasteiger partial charge in [0.2, 0.25) is 11.8 Å². The summed E-state index contributed by atoms with van der Waals surface area (Å²) in [5, 5.41) is 2.69. The third-order valence-electron chi connectivity index (χ3n) is 7.21. The maximum absolute atomic E-state index is 14.3. The number of rotatable bonds is 12. The zero-order valence-electron chi connectivity index (χ0n) is 24.9. The van der Waals surface area contributed by atoms with E-state index in [1.807, 2.05) is 56.3 Å². The fraction of sp³-hybridized carbons (Fsp3) is 0.235. The molecule has 1 unspecified atom stereocenters. The van der Waals surface area contributed by atoms with Gasteiger partial charge in [-0.15, -0.1) is 0 Å². The number of hydrogen-bond donors (Lipinski definition) is 1. The van der Waals surface area contributed by atoms with E-state index in [1.165, 1.54) is 24.1 Å². The molecule has 8 nitrogen and oxygen atoms in total. The number of ether oxygens (including phenoxy) is 1. The summed E-state index contributed by atoms with van der Waals surface area (Å²) in [6.07, 6.45) is 0.242. The summed E-state index contributed by atoms with van der Waals surface area (Å²) in [6.45, 7) is 3.33. The second-order valence-electron chi connectivity index (χ2n) is 10.4. The number of sulfonamides is 1. The average Bonchev–Trinajstić information content (AvgIpc) is 3.02. The van der Waals surface area contributed by atoms with E-state index in [9.17, 15) is 18.0 Å². The Bertz CT molecular complexity index is 1640. The Balaban J connectivity index is 1.79. The lowest BCUT2D eigenvalue weighted by Gasteiger charge is -2.33. The van der Waals surface area contributed by atoms with E-state index in [4.69, 9.17) is 4.74 Å². The summed E-state index contributed by atoms with van der Waals surface area (Å²) < 4.78 is 34.6. The van der Waals surface area contributed by atoms with Crippen molar-refractivity contribution in [2.75, 3.05) is 25.0 Å². The van der Waals surface area contributed by atoms with Crippen LogP contribution in [0.3, 0.4) is 0 Å². The molecule has 0 aliphatic carbocycles. The van der Waals surface area contributed by atoms with Gasteiger partial charge in [0.05, 0.1) is 17.7 Å². The molecule has 0 aromatic heterocycles. The fourth-order valence-corrected chi connectivity index (χ4v) is 6.18. The SMILES string of the molecule is CNC(=O)C(Cc1ccccc1)N(Cc1cccc(OC)c1)C(=O)CN(c1ccc(C)cc1)S(=O)(=O)c1ccc(C)cc1. The molecule has 1 N–H and O–H groups in total. The van der Waals surface area contributed by atoms with E-state index in [-0.39, 0.29) is 23.8 Å². The molecule has 4 aromatic carbocycles. The molecule has 224 valence electrons. The summed E-state index contributed by atoms with van der Waals surface area (Å²) in [4.78, 5) is 29.2. The fourth-order valence-electron chi connectivity index (χ4n) is 4.77. The number of methoxy groups -OCH3 is 1. The number of carbonyl (C=O) groups is 2. The van der Waals surface area contributed by atoms with Gasteiger partial charge in [0, 0.05) is 20.0 Å². The van der Waals surface area contributed by atoms with Crippen molar-refractivity contribution in [1.82, 2.24) is 10.2 Å². The highest BCUT2D eigenvalue weighted by Gasteiger charge is 2.34. The van der Waals surface area contributed by atoms with Crippen LogP contribution in [-0.4, -0.2) is 51.9 Å². The maximum Gasteiger partial charge on any atom is 0.264 e. The van der Waals surface area contributed by atoms with E-state index in [0.717, 1.165) is 26.6 Å². The molecule has 0 aliphatic rings. The summed E-state index contributed by atoms with van der Waals surface area (Å²) >= 11 is 0. The van der Waals surface area contributed by atoms with Crippen LogP contribution >= 0.6 is 0 Å². The van der Waals surface area contributed by atoms with Crippen molar-refractivity contribution in [1.29, 1.82) is 0 Å². The molecule has 2 amide bonds. The van der Waals surface area contributed by atoms with Crippen LogP contribution in [0.5, 0.6) is 5.75 Å². The number of benzene rings is 4. The Kier molecular flexibility index (Phi) is 10.2. The minimum Gasteiger partial charge on any atom is -0.497 e. The van der Waals surface area contributed by atoms with Crippen molar-refractivity contribution in [3.8, 4) is 5.75 Å². The average molecular weight is 600 g/mol. The molecule has 9 heteroatoms. The van der Waals surface area contributed by atoms with E-state index in [2.05, 4.69) is 5.32 Å². The van der Waals surface area contributed by atoms with Gasteiger partial charge in [0.25, 0.3) is 10.0 Å². The van der Waals surface area contributed by atoms with Crippen molar-refractivity contribution in [2.24, 2.45) is 0 Å². The summed E-state index contributed by atoms with van der Waals surface area (Å²) in [7, 11) is -1.06. The van der Waals surface area contributed by atoms with Crippen LogP contribution in [0.4, 0.5) is 5.69 Å². The van der Waals surface area contributed by atoms with Crippen LogP contribution in [0.15, 0.2) is 108 Å². The van der Waals surface area contributed by atoms with Gasteiger partial charge >= 0.3 is 0 Å². The minimum atomic E-state index is -4.14. The van der Waals surface area contributed by atoms with Crippen LogP contribution in [0.1, 0.15) is 22.3 Å². The van der Waals surface area contributed by atoms with Gasteiger partial charge in [-0.25, -0.2) is 8.42 Å². The smallest absolute Gasteiger partial charge is 0.264 e. The van der Waals surface area contributed by atoms with Gasteiger partial charge in [-0.1, -0.05) is 77.9 Å². The first-order valence-electron chi connectivity index (χ1n) is 14.0. The number of anilines is 1. The molecule has 0 saturated heterocycles. The van der Waals surface area contributed by atoms with Crippen molar-refractivity contribution >= 4 is 27.5 Å². The van der Waals surface area contributed by atoms with Gasteiger partial charge in [-0.05, 0) is 61.4 Å². The lowest BCUT2D eigenvalue weighted by molar-refractivity contribution is -0.139. The van der Waals surface area contributed by atoms with Crippen molar-refractivity contribution in [3.63, 3.8) is 0 Å². The molecular formula is C34H37N3O5S. The highest BCUT2D eigenvalue weighted by molar-refractivity contribution is 7.92. The van der Waals surface area contributed by atoms with Gasteiger partial charge in [0.1, 0.15) is 18.3 Å². The predicted molar refractivity (Wildman–Crippen MR) is 168 cm³/mol. The Labute approximate surface area is 254 Å². The molecule has 43 heavy (non-hydrogen) atoms. The lowest BCUT2D eigenvalue weighted by Crippen LogP contribution is -2.53. The summed E-state index contributed by atoms with van der Waals surface area (Å²) in [5.74, 6) is -0.278. The number of aryl methyl sites for hydroxylation is 2. The molecule has 1 atom stereocenters. The Hall–Kier alpha value is -4.63. The van der Waals surface area contributed by atoms with Crippen molar-refractivity contribution in [2.45, 2.75) is 37.8 Å². The monoisotopic (exact) mass is 599 g/mol. The number of carbonyl (C=O) groups excluding carboxylic acids is 2. The first kappa shape index (κ1) is 31.3. The first-order valence-corrected chi connectivity index (χ1v) is 15.4. The van der Waals surface area contributed by atoms with E-state index in [1.54, 1.807) is 55.6 Å². The van der Waals surface area contributed by atoms with Crippen molar-refractivity contribution < 1.29 is 22.7 Å². The molecule has 0 heterocycles. The van der Waals surface area contributed by atoms with Gasteiger partial charge in [-0.2, -0.15) is 0 Å². The first-order chi connectivity index (χ1) is 20.6. The molecule has 0 fully saturated rings. The van der Waals surface area contributed by atoms with Crippen LogP contribution in [0.2, 0.25) is 0 Å². The Morgan fingerprint density at radius 3 is 2.02 bits per heavy atom. The highest BCUT2D eigenvalue weighted by atomic mass is 32.2. The molecule has 4 aromatic rings. The predicted octanol–water partition coefficient (Wildman–Crippen LogP) is 4.89. The second kappa shape index (κ2) is 14.0. The van der Waals surface area contributed by atoms with Gasteiger partial charge in [-0.3, -0.25) is 13.9 Å². The largest absolute Gasteiger partial charge is 0.497 e. The zero-order valence-corrected chi connectivity index (χ0v) is 25.7. The molecule has 0 aliphatic heterocycles. The summed E-state index contributed by atoms with van der Waals surface area (Å²) in [6, 6.07) is 29.2. The number of nitrogens with one attached hydrogen (secondary N) is 1. The topological polar surface area (TPSA) is 96.0 Å². The molecule has 0 spiro atoms. The highest BCUT2D eigenvalue weighted by Crippen LogP contribution is 2.26. The van der Waals surface area contributed by atoms with Crippen LogP contribution in [0, 0.1) is 13.8 Å². The lowest BCUT2D eigenvalue weighted by atomic mass is 10.0. The number of likely N-dealkylation sites (N-methyl/N-ethyl adjacent to an activating group) is 1. The molecular weight excluding hydrogens is 562 g/mol. The normalized spacial score (nSPS) is 11.8. The molecule has 0 radical (unpaired) electrons. The van der Waals surface area contributed by atoms with Gasteiger partial charge < -0.3 is 15.0 Å². The van der Waals surface area contributed by atoms with Crippen LogP contribution < -0.4 is 14.4 Å². The maximum atomic E-state index is 14.3. The zero-order chi connectivity index (χ0) is 31.0. The second-order valence-corrected chi connectivity index (χ2v) is 12.2. The van der Waals surface area contributed by atoms with Crippen LogP contribution in [-0.2, 0) is 32.6 Å². The van der Waals surface area contributed by atoms with E-state index >= 15 is 0 Å². The standard InChI is InChI=1S/C34H37N3O5S/c1-25-13-17-29(18-14-25)37(43(40,41)31-19-15-26(2)16-20-31)24-33(38)36(23-28-11-8-12-30(21-28)42-4)32(34(39)35-3)22-27-9-6-5-7-10-27/h5-21,32H,22-24H2,1-4H3,(H,35,39).